The van der Waals surface area contributed by atoms with Crippen molar-refractivity contribution in [2.24, 2.45) is 0 Å². The number of phenolic OH excluding ortho intramolecular Hbond substituents is 4. The first-order valence-corrected chi connectivity index (χ1v) is 15.8. The van der Waals surface area contributed by atoms with Gasteiger partial charge in [-0.15, -0.1) is 0 Å². The molecule has 0 spiro atoms. The molecule has 6 N–H and O–H groups in total. The number of carbonyl (C=O) groups is 3. The molecule has 0 aromatic heterocycles. The molecule has 266 valence electrons. The lowest BCUT2D eigenvalue weighted by Gasteiger charge is -2.21. The Morgan fingerprint density at radius 2 is 1.08 bits per heavy atom. The summed E-state index contributed by atoms with van der Waals surface area (Å²) < 4.78 is 15.2. The third-order valence-corrected chi connectivity index (χ3v) is 7.35. The number of carbonyl (C=O) groups excluding carboxylic acids is 3. The maximum absolute atomic E-state index is 13.2. The van der Waals surface area contributed by atoms with Crippen LogP contribution in [0, 0.1) is 0 Å². The molecule has 50 heavy (non-hydrogen) atoms. The third kappa shape index (κ3) is 12.2. The third-order valence-electron chi connectivity index (χ3n) is 7.35. The highest BCUT2D eigenvalue weighted by Gasteiger charge is 2.12. The Morgan fingerprint density at radius 1 is 0.600 bits per heavy atom. The number of ether oxygens (including phenoxy) is 3. The van der Waals surface area contributed by atoms with E-state index < -0.39 is 5.75 Å². The summed E-state index contributed by atoms with van der Waals surface area (Å²) in [5.74, 6) is -1.05. The molecule has 13 nitrogen and oxygen atoms in total. The van der Waals surface area contributed by atoms with Crippen LogP contribution in [-0.4, -0.2) is 90.6 Å². The van der Waals surface area contributed by atoms with E-state index >= 15 is 0 Å². The quantitative estimate of drug-likeness (QED) is 0.0642. The monoisotopic (exact) mass is 689 g/mol. The molecule has 0 fully saturated rings. The van der Waals surface area contributed by atoms with Gasteiger partial charge in [-0.05, 0) is 90.6 Å². The number of phenols is 4. The van der Waals surface area contributed by atoms with Gasteiger partial charge in [0.05, 0.1) is 21.3 Å². The lowest BCUT2D eigenvalue weighted by molar-refractivity contribution is -0.126. The van der Waals surface area contributed by atoms with Crippen molar-refractivity contribution in [2.75, 3.05) is 47.5 Å². The van der Waals surface area contributed by atoms with E-state index in [0.29, 0.717) is 61.3 Å². The zero-order valence-corrected chi connectivity index (χ0v) is 28.2. The minimum Gasteiger partial charge on any atom is -0.504 e. The summed E-state index contributed by atoms with van der Waals surface area (Å²) in [6.07, 6.45) is 10.5. The van der Waals surface area contributed by atoms with Crippen LogP contribution in [0.25, 0.3) is 18.2 Å². The first-order chi connectivity index (χ1) is 24.0. The van der Waals surface area contributed by atoms with Gasteiger partial charge in [0.2, 0.25) is 23.5 Å². The minimum atomic E-state index is -0.392. The lowest BCUT2D eigenvalue weighted by atomic mass is 10.1. The first-order valence-electron chi connectivity index (χ1n) is 15.8. The second-order valence-corrected chi connectivity index (χ2v) is 10.9. The number of methoxy groups -OCH3 is 3. The topological polar surface area (TPSA) is 187 Å². The van der Waals surface area contributed by atoms with Crippen LogP contribution >= 0.6 is 0 Å². The van der Waals surface area contributed by atoms with E-state index in [2.05, 4.69) is 10.6 Å². The van der Waals surface area contributed by atoms with Crippen LogP contribution < -0.4 is 24.8 Å². The van der Waals surface area contributed by atoms with E-state index in [1.165, 1.54) is 69.9 Å². The Hall–Kier alpha value is -6.11. The van der Waals surface area contributed by atoms with Gasteiger partial charge in [0.1, 0.15) is 0 Å². The van der Waals surface area contributed by atoms with Crippen molar-refractivity contribution in [3.63, 3.8) is 0 Å². The van der Waals surface area contributed by atoms with Crippen LogP contribution in [0.15, 0.2) is 66.8 Å². The predicted molar refractivity (Wildman–Crippen MR) is 189 cm³/mol. The average Bonchev–Trinajstić information content (AvgIpc) is 3.11. The molecule has 3 rings (SSSR count). The van der Waals surface area contributed by atoms with E-state index in [0.717, 1.165) is 0 Å². The summed E-state index contributed by atoms with van der Waals surface area (Å²) in [7, 11) is 4.22. The molecule has 13 heteroatoms. The summed E-state index contributed by atoms with van der Waals surface area (Å²) in [6, 6.07) is 12.3. The number of aromatic hydroxyl groups is 4. The van der Waals surface area contributed by atoms with Crippen molar-refractivity contribution >= 4 is 35.9 Å². The van der Waals surface area contributed by atoms with Gasteiger partial charge in [0.15, 0.2) is 34.5 Å². The Kier molecular flexibility index (Phi) is 15.1. The molecule has 0 bridgehead atoms. The van der Waals surface area contributed by atoms with Crippen LogP contribution in [0.2, 0.25) is 0 Å². The molecular weight excluding hydrogens is 646 g/mol. The fourth-order valence-electron chi connectivity index (χ4n) is 4.65. The Bertz CT molecular complexity index is 1720. The summed E-state index contributed by atoms with van der Waals surface area (Å²) in [4.78, 5) is 39.5. The van der Waals surface area contributed by atoms with Crippen LogP contribution in [-0.2, 0) is 14.4 Å². The molecule has 0 saturated heterocycles. The van der Waals surface area contributed by atoms with Gasteiger partial charge in [-0.1, -0.05) is 12.1 Å². The van der Waals surface area contributed by atoms with Gasteiger partial charge >= 0.3 is 0 Å². The normalized spacial score (nSPS) is 11.2. The second-order valence-electron chi connectivity index (χ2n) is 10.9. The molecule has 0 heterocycles. The highest BCUT2D eigenvalue weighted by molar-refractivity contribution is 5.93. The Labute approximate surface area is 290 Å². The smallest absolute Gasteiger partial charge is 0.246 e. The molecule has 3 amide bonds. The van der Waals surface area contributed by atoms with Gasteiger partial charge in [0.25, 0.3) is 0 Å². The predicted octanol–water partition coefficient (Wildman–Crippen LogP) is 4.21. The largest absolute Gasteiger partial charge is 0.504 e. The second kappa shape index (κ2) is 19.6. The minimum absolute atomic E-state index is 0.00537. The van der Waals surface area contributed by atoms with Crippen molar-refractivity contribution < 1.29 is 49.0 Å². The zero-order chi connectivity index (χ0) is 36.5. The fourth-order valence-corrected chi connectivity index (χ4v) is 4.65. The molecule has 0 aliphatic carbocycles. The standard InChI is InChI=1S/C37H43N3O10/c1-48-31-22-25(7-12-28(31)41)9-14-34(44)38-17-4-5-19-40(36(46)16-11-26-8-13-29(42)32(23-26)49-2)20-6-18-39-35(45)15-10-27-21-30(43)37(47)33(24-27)50-3/h7-16,21-24,41-43,47H,4-6,17-20H2,1-3H3,(H,38,44)(H,39,45)/b14-9+,15-10+,16-11+. The summed E-state index contributed by atoms with van der Waals surface area (Å²) in [6.45, 7) is 1.42. The van der Waals surface area contributed by atoms with Gasteiger partial charge in [-0.25, -0.2) is 0 Å². The number of hydrogen-bond donors (Lipinski definition) is 6. The molecule has 0 radical (unpaired) electrons. The van der Waals surface area contributed by atoms with Crippen LogP contribution in [0.1, 0.15) is 36.0 Å². The summed E-state index contributed by atoms with van der Waals surface area (Å²) in [5.41, 5.74) is 1.80. The highest BCUT2D eigenvalue weighted by atomic mass is 16.5. The van der Waals surface area contributed by atoms with Crippen LogP contribution in [0.3, 0.4) is 0 Å². The Balaban J connectivity index is 1.53. The van der Waals surface area contributed by atoms with Crippen molar-refractivity contribution in [1.29, 1.82) is 0 Å². The van der Waals surface area contributed by atoms with Crippen molar-refractivity contribution in [3.8, 4) is 40.2 Å². The van der Waals surface area contributed by atoms with Gasteiger partial charge in [-0.3, -0.25) is 14.4 Å². The maximum Gasteiger partial charge on any atom is 0.246 e. The number of amides is 3. The number of nitrogens with one attached hydrogen (secondary N) is 2. The van der Waals surface area contributed by atoms with Crippen LogP contribution in [0.4, 0.5) is 0 Å². The number of nitrogens with zero attached hydrogens (tertiary/aromatic N) is 1. The fraction of sp³-hybridized carbons (Fsp3) is 0.270. The molecule has 0 saturated carbocycles. The van der Waals surface area contributed by atoms with Gasteiger partial charge < -0.3 is 50.2 Å². The van der Waals surface area contributed by atoms with Crippen LogP contribution in [0.5, 0.6) is 40.2 Å². The summed E-state index contributed by atoms with van der Waals surface area (Å²) >= 11 is 0. The average molecular weight is 690 g/mol. The van der Waals surface area contributed by atoms with E-state index in [9.17, 15) is 34.8 Å². The molecular formula is C37H43N3O10. The molecule has 0 aliphatic rings. The maximum atomic E-state index is 13.2. The van der Waals surface area contributed by atoms with E-state index in [4.69, 9.17) is 14.2 Å². The molecule has 3 aromatic carbocycles. The van der Waals surface area contributed by atoms with Gasteiger partial charge in [-0.2, -0.15) is 0 Å². The highest BCUT2D eigenvalue weighted by Crippen LogP contribution is 2.36. The number of hydrogen-bond acceptors (Lipinski definition) is 10. The zero-order valence-electron chi connectivity index (χ0n) is 28.2. The van der Waals surface area contributed by atoms with Crippen molar-refractivity contribution in [3.05, 3.63) is 83.4 Å². The number of unbranched alkanes of at least 4 members (excludes halogenated alkanes) is 1. The number of rotatable bonds is 18. The first kappa shape index (κ1) is 38.3. The SMILES string of the molecule is COc1cc(/C=C/C(=O)NCCCCN(CCCNC(=O)/C=C/c2cc(O)c(O)c(OC)c2)C(=O)/C=C/c2ccc(O)c(OC)c2)ccc1O. The van der Waals surface area contributed by atoms with Crippen molar-refractivity contribution in [2.45, 2.75) is 19.3 Å². The van der Waals surface area contributed by atoms with Crippen molar-refractivity contribution in [1.82, 2.24) is 15.5 Å². The lowest BCUT2D eigenvalue weighted by Crippen LogP contribution is -2.34. The van der Waals surface area contributed by atoms with Gasteiger partial charge in [0, 0.05) is 44.4 Å². The number of benzene rings is 3. The van der Waals surface area contributed by atoms with E-state index in [-0.39, 0.29) is 53.0 Å². The molecule has 3 aromatic rings. The molecule has 0 aliphatic heterocycles. The Morgan fingerprint density at radius 3 is 1.64 bits per heavy atom. The molecule has 0 unspecified atom stereocenters. The van der Waals surface area contributed by atoms with E-state index in [1.54, 1.807) is 41.3 Å². The van der Waals surface area contributed by atoms with E-state index in [1.807, 2.05) is 0 Å². The summed E-state index contributed by atoms with van der Waals surface area (Å²) in [5, 5.41) is 44.8. The molecule has 0 atom stereocenters.